The zero-order valence-electron chi connectivity index (χ0n) is 13.5. The van der Waals surface area contributed by atoms with E-state index >= 15 is 0 Å². The Morgan fingerprint density at radius 2 is 1.81 bits per heavy atom. The molecule has 26 heavy (non-hydrogen) atoms. The van der Waals surface area contributed by atoms with Crippen molar-refractivity contribution < 1.29 is 26.7 Å². The van der Waals surface area contributed by atoms with Crippen LogP contribution in [0.4, 0.5) is 8.78 Å². The van der Waals surface area contributed by atoms with Crippen molar-refractivity contribution in [1.29, 1.82) is 0 Å². The van der Waals surface area contributed by atoms with Crippen LogP contribution >= 0.6 is 11.3 Å². The maximum atomic E-state index is 14.3. The molecule has 1 N–H and O–H groups in total. The Morgan fingerprint density at radius 1 is 1.12 bits per heavy atom. The number of halogens is 2. The molecule has 0 saturated heterocycles. The van der Waals surface area contributed by atoms with E-state index in [9.17, 15) is 22.0 Å². The summed E-state index contributed by atoms with van der Waals surface area (Å²) in [5, 5.41) is 0.133. The summed E-state index contributed by atoms with van der Waals surface area (Å²) in [6.07, 6.45) is 0. The molecule has 3 rings (SSSR count). The molecule has 2 aromatic carbocycles. The first-order valence-electron chi connectivity index (χ1n) is 7.37. The summed E-state index contributed by atoms with van der Waals surface area (Å²) in [7, 11) is -3.02. The van der Waals surface area contributed by atoms with Crippen LogP contribution in [0.2, 0.25) is 0 Å². The van der Waals surface area contributed by atoms with E-state index in [1.54, 1.807) is 6.07 Å². The Hall–Kier alpha value is -2.36. The van der Waals surface area contributed by atoms with Crippen LogP contribution in [0.1, 0.15) is 15.2 Å². The van der Waals surface area contributed by atoms with Gasteiger partial charge in [0.2, 0.25) is 10.0 Å². The Balaban J connectivity index is 2.03. The molecular weight excluding hydrogens is 384 g/mol. The first-order chi connectivity index (χ1) is 12.3. The lowest BCUT2D eigenvalue weighted by Crippen LogP contribution is -2.25. The quantitative estimate of drug-likeness (QED) is 0.670. The van der Waals surface area contributed by atoms with Gasteiger partial charge >= 0.3 is 5.97 Å². The maximum Gasteiger partial charge on any atom is 0.348 e. The van der Waals surface area contributed by atoms with E-state index in [0.717, 1.165) is 23.5 Å². The summed E-state index contributed by atoms with van der Waals surface area (Å²) in [6.45, 7) is -0.387. The van der Waals surface area contributed by atoms with Gasteiger partial charge in [-0.1, -0.05) is 18.2 Å². The average molecular weight is 397 g/mol. The molecule has 1 heterocycles. The van der Waals surface area contributed by atoms with Crippen molar-refractivity contribution in [2.75, 3.05) is 7.11 Å². The summed E-state index contributed by atoms with van der Waals surface area (Å²) >= 11 is 0.997. The fourth-order valence-electron chi connectivity index (χ4n) is 2.50. The average Bonchev–Trinajstić information content (AvgIpc) is 2.99. The normalized spacial score (nSPS) is 11.7. The monoisotopic (exact) mass is 397 g/mol. The summed E-state index contributed by atoms with van der Waals surface area (Å²) < 4.78 is 60.1. The minimum Gasteiger partial charge on any atom is -0.465 e. The molecule has 1 aromatic heterocycles. The molecule has 0 fully saturated rings. The number of hydrogen-bond acceptors (Lipinski definition) is 5. The number of rotatable bonds is 5. The molecule has 0 aliphatic rings. The zero-order chi connectivity index (χ0) is 18.9. The number of esters is 1. The second-order valence-electron chi connectivity index (χ2n) is 5.27. The summed E-state index contributed by atoms with van der Waals surface area (Å²) in [6, 6.07) is 9.21. The summed E-state index contributed by atoms with van der Waals surface area (Å²) in [5.74, 6) is -2.20. The maximum absolute atomic E-state index is 14.3. The van der Waals surface area contributed by atoms with Crippen LogP contribution < -0.4 is 4.72 Å². The van der Waals surface area contributed by atoms with E-state index in [1.807, 2.05) is 0 Å². The molecule has 136 valence electrons. The third-order valence-electron chi connectivity index (χ3n) is 3.70. The van der Waals surface area contributed by atoms with Crippen molar-refractivity contribution in [3.05, 3.63) is 64.5 Å². The number of methoxy groups -OCH3 is 1. The molecule has 3 aromatic rings. The first-order valence-corrected chi connectivity index (χ1v) is 9.67. The third-order valence-corrected chi connectivity index (χ3v) is 6.31. The highest BCUT2D eigenvalue weighted by atomic mass is 32.2. The molecule has 0 radical (unpaired) electrons. The standard InChI is InChI=1S/C17H13F2NO4S2/c1-24-17(21)16-10(15-12(19)6-4-7-13(15)25-16)9-20-26(22,23)14-8-3-2-5-11(14)18/h2-8,20H,9H2,1H3. The number of carbonyl (C=O) groups is 1. The lowest BCUT2D eigenvalue weighted by atomic mass is 10.1. The lowest BCUT2D eigenvalue weighted by Gasteiger charge is -2.09. The minimum absolute atomic E-state index is 0.0869. The van der Waals surface area contributed by atoms with Crippen molar-refractivity contribution in [3.63, 3.8) is 0 Å². The topological polar surface area (TPSA) is 72.5 Å². The van der Waals surface area contributed by atoms with Gasteiger partial charge in [-0.15, -0.1) is 11.3 Å². The molecule has 0 unspecified atom stereocenters. The second-order valence-corrected chi connectivity index (χ2v) is 8.06. The first kappa shape index (κ1) is 18.4. The van der Waals surface area contributed by atoms with Crippen molar-refractivity contribution in [3.8, 4) is 0 Å². The van der Waals surface area contributed by atoms with E-state index < -0.39 is 32.5 Å². The smallest absolute Gasteiger partial charge is 0.348 e. The number of benzene rings is 2. The Bertz CT molecular complexity index is 1090. The molecule has 0 atom stereocenters. The number of thiophene rings is 1. The van der Waals surface area contributed by atoms with Gasteiger partial charge in [-0.3, -0.25) is 0 Å². The molecule has 0 aliphatic carbocycles. The highest BCUT2D eigenvalue weighted by Crippen LogP contribution is 2.34. The Morgan fingerprint density at radius 3 is 2.50 bits per heavy atom. The van der Waals surface area contributed by atoms with Crippen LogP contribution in [-0.4, -0.2) is 21.5 Å². The van der Waals surface area contributed by atoms with Crippen molar-refractivity contribution in [2.24, 2.45) is 0 Å². The molecule has 0 bridgehead atoms. The SMILES string of the molecule is COC(=O)c1sc2cccc(F)c2c1CNS(=O)(=O)c1ccccc1F. The number of ether oxygens (including phenoxy) is 1. The molecular formula is C17H13F2NO4S2. The minimum atomic E-state index is -4.19. The zero-order valence-corrected chi connectivity index (χ0v) is 15.1. The van der Waals surface area contributed by atoms with E-state index in [0.29, 0.717) is 4.70 Å². The van der Waals surface area contributed by atoms with Gasteiger partial charge in [-0.2, -0.15) is 0 Å². The van der Waals surface area contributed by atoms with Crippen LogP contribution in [-0.2, 0) is 21.3 Å². The van der Waals surface area contributed by atoms with Gasteiger partial charge in [0.05, 0.1) is 7.11 Å². The van der Waals surface area contributed by atoms with Gasteiger partial charge in [0.25, 0.3) is 0 Å². The van der Waals surface area contributed by atoms with Gasteiger partial charge in [-0.05, 0) is 24.3 Å². The fraction of sp³-hybridized carbons (Fsp3) is 0.118. The van der Waals surface area contributed by atoms with Crippen molar-refractivity contribution in [1.82, 2.24) is 4.72 Å². The van der Waals surface area contributed by atoms with Crippen LogP contribution in [0, 0.1) is 11.6 Å². The van der Waals surface area contributed by atoms with Gasteiger partial charge in [0, 0.05) is 22.2 Å². The highest BCUT2D eigenvalue weighted by molar-refractivity contribution is 7.89. The molecule has 0 amide bonds. The van der Waals surface area contributed by atoms with Gasteiger partial charge in [0.15, 0.2) is 0 Å². The third kappa shape index (κ3) is 3.33. The van der Waals surface area contributed by atoms with Crippen LogP contribution in [0.5, 0.6) is 0 Å². The largest absolute Gasteiger partial charge is 0.465 e. The Kier molecular flexibility index (Phi) is 5.03. The summed E-state index contributed by atoms with van der Waals surface area (Å²) in [5.41, 5.74) is 0.148. The van der Waals surface area contributed by atoms with Gasteiger partial charge in [-0.25, -0.2) is 26.7 Å². The number of fused-ring (bicyclic) bond motifs is 1. The van der Waals surface area contributed by atoms with Gasteiger partial charge < -0.3 is 4.74 Å². The van der Waals surface area contributed by atoms with Gasteiger partial charge in [0.1, 0.15) is 21.4 Å². The fourth-order valence-corrected chi connectivity index (χ4v) is 4.73. The predicted molar refractivity (Wildman–Crippen MR) is 93.5 cm³/mol. The van der Waals surface area contributed by atoms with Crippen molar-refractivity contribution >= 4 is 37.4 Å². The van der Waals surface area contributed by atoms with Crippen molar-refractivity contribution in [2.45, 2.75) is 11.4 Å². The Labute approximate surface area is 152 Å². The number of carbonyl (C=O) groups excluding carboxylic acids is 1. The molecule has 5 nitrogen and oxygen atoms in total. The molecule has 0 saturated carbocycles. The van der Waals surface area contributed by atoms with E-state index in [1.165, 1.54) is 31.4 Å². The second kappa shape index (κ2) is 7.10. The van der Waals surface area contributed by atoms with Crippen LogP contribution in [0.3, 0.4) is 0 Å². The number of hydrogen-bond donors (Lipinski definition) is 1. The van der Waals surface area contributed by atoms with Crippen LogP contribution in [0.25, 0.3) is 10.1 Å². The van der Waals surface area contributed by atoms with Crippen LogP contribution in [0.15, 0.2) is 47.4 Å². The lowest BCUT2D eigenvalue weighted by molar-refractivity contribution is 0.0605. The van der Waals surface area contributed by atoms with E-state index in [-0.39, 0.29) is 22.4 Å². The molecule has 9 heteroatoms. The predicted octanol–water partition coefficient (Wildman–Crippen LogP) is 3.44. The number of sulfonamides is 1. The van der Waals surface area contributed by atoms with E-state index in [4.69, 9.17) is 4.74 Å². The summed E-state index contributed by atoms with van der Waals surface area (Å²) in [4.78, 5) is 11.6. The number of nitrogens with one attached hydrogen (secondary N) is 1. The van der Waals surface area contributed by atoms with E-state index in [2.05, 4.69) is 4.72 Å². The highest BCUT2D eigenvalue weighted by Gasteiger charge is 2.24. The molecule has 0 aliphatic heterocycles. The molecule has 0 spiro atoms.